The Kier molecular flexibility index (Phi) is 4.79. The lowest BCUT2D eigenvalue weighted by Crippen LogP contribution is -2.46. The number of hydrogen-bond donors (Lipinski definition) is 1. The number of rotatable bonds is 5. The van der Waals surface area contributed by atoms with E-state index in [1.807, 2.05) is 0 Å². The van der Waals surface area contributed by atoms with E-state index >= 15 is 0 Å². The monoisotopic (exact) mass is 266 g/mol. The fourth-order valence-corrected chi connectivity index (χ4v) is 2.36. The number of piperidine rings is 1. The molecular weight excluding hydrogens is 244 g/mol. The molecular formula is C13H22N4O2. The first kappa shape index (κ1) is 13.9. The van der Waals surface area contributed by atoms with Gasteiger partial charge in [-0.15, -0.1) is 0 Å². The van der Waals surface area contributed by atoms with Crippen molar-refractivity contribution in [3.8, 4) is 11.8 Å². The van der Waals surface area contributed by atoms with Gasteiger partial charge >= 0.3 is 0 Å². The van der Waals surface area contributed by atoms with Crippen LogP contribution in [0.15, 0.2) is 6.07 Å². The van der Waals surface area contributed by atoms with Crippen LogP contribution in [-0.4, -0.2) is 49.9 Å². The molecule has 0 spiro atoms. The van der Waals surface area contributed by atoms with E-state index in [0.717, 1.165) is 26.1 Å². The Morgan fingerprint density at radius 1 is 1.32 bits per heavy atom. The first-order valence-electron chi connectivity index (χ1n) is 6.72. The molecule has 1 N–H and O–H groups in total. The Bertz CT molecular complexity index is 389. The topological polar surface area (TPSA) is 59.5 Å². The fraction of sp³-hybridized carbons (Fsp3) is 0.692. The summed E-state index contributed by atoms with van der Waals surface area (Å²) in [6.07, 6.45) is 2.34. The average molecular weight is 266 g/mol. The standard InChI is InChI=1S/C13H22N4O2/c1-4-14-10-6-5-7-17(9-10)13-15-11(18-2)8-12(16-13)19-3/h8,10,14H,4-7,9H2,1-3H3. The second-order valence-electron chi connectivity index (χ2n) is 4.60. The first-order chi connectivity index (χ1) is 9.26. The van der Waals surface area contributed by atoms with Crippen molar-refractivity contribution in [2.45, 2.75) is 25.8 Å². The van der Waals surface area contributed by atoms with E-state index in [1.54, 1.807) is 20.3 Å². The molecule has 6 nitrogen and oxygen atoms in total. The minimum atomic E-state index is 0.500. The summed E-state index contributed by atoms with van der Waals surface area (Å²) in [4.78, 5) is 11.0. The van der Waals surface area contributed by atoms with Crippen LogP contribution in [0.5, 0.6) is 11.8 Å². The molecule has 0 amide bonds. The van der Waals surface area contributed by atoms with Crippen molar-refractivity contribution < 1.29 is 9.47 Å². The molecule has 106 valence electrons. The molecule has 1 aromatic rings. The lowest BCUT2D eigenvalue weighted by atomic mass is 10.1. The average Bonchev–Trinajstić information content (AvgIpc) is 2.47. The normalized spacial score (nSPS) is 19.3. The van der Waals surface area contributed by atoms with Crippen LogP contribution in [0.4, 0.5) is 5.95 Å². The highest BCUT2D eigenvalue weighted by atomic mass is 16.5. The zero-order chi connectivity index (χ0) is 13.7. The third-order valence-electron chi connectivity index (χ3n) is 3.28. The van der Waals surface area contributed by atoms with E-state index in [4.69, 9.17) is 9.47 Å². The van der Waals surface area contributed by atoms with Gasteiger partial charge in [0.15, 0.2) is 0 Å². The molecule has 0 radical (unpaired) electrons. The number of likely N-dealkylation sites (N-methyl/N-ethyl adjacent to an activating group) is 1. The Morgan fingerprint density at radius 2 is 2.00 bits per heavy atom. The number of hydrogen-bond acceptors (Lipinski definition) is 6. The quantitative estimate of drug-likeness (QED) is 0.860. The number of anilines is 1. The van der Waals surface area contributed by atoms with Crippen LogP contribution in [0.25, 0.3) is 0 Å². The number of aromatic nitrogens is 2. The summed E-state index contributed by atoms with van der Waals surface area (Å²) in [6.45, 7) is 5.01. The molecule has 0 bridgehead atoms. The molecule has 1 aromatic heterocycles. The molecule has 1 saturated heterocycles. The number of nitrogens with one attached hydrogen (secondary N) is 1. The first-order valence-corrected chi connectivity index (χ1v) is 6.72. The van der Waals surface area contributed by atoms with Gasteiger partial charge in [-0.1, -0.05) is 6.92 Å². The van der Waals surface area contributed by atoms with Gasteiger partial charge in [0, 0.05) is 19.1 Å². The Labute approximate surface area is 114 Å². The Morgan fingerprint density at radius 3 is 2.58 bits per heavy atom. The van der Waals surface area contributed by atoms with Crippen molar-refractivity contribution >= 4 is 5.95 Å². The van der Waals surface area contributed by atoms with Gasteiger partial charge < -0.3 is 19.7 Å². The van der Waals surface area contributed by atoms with Gasteiger partial charge in [0.25, 0.3) is 0 Å². The summed E-state index contributed by atoms with van der Waals surface area (Å²) >= 11 is 0. The van der Waals surface area contributed by atoms with Gasteiger partial charge in [-0.2, -0.15) is 9.97 Å². The van der Waals surface area contributed by atoms with Crippen molar-refractivity contribution in [3.05, 3.63) is 6.07 Å². The molecule has 1 unspecified atom stereocenters. The van der Waals surface area contributed by atoms with Gasteiger partial charge in [-0.25, -0.2) is 0 Å². The summed E-state index contributed by atoms with van der Waals surface area (Å²) in [7, 11) is 3.20. The van der Waals surface area contributed by atoms with Crippen molar-refractivity contribution in [2.75, 3.05) is 38.8 Å². The zero-order valence-corrected chi connectivity index (χ0v) is 11.8. The van der Waals surface area contributed by atoms with E-state index in [9.17, 15) is 0 Å². The summed E-state index contributed by atoms with van der Waals surface area (Å²) in [6, 6.07) is 2.19. The molecule has 6 heteroatoms. The minimum Gasteiger partial charge on any atom is -0.481 e. The second-order valence-corrected chi connectivity index (χ2v) is 4.60. The van der Waals surface area contributed by atoms with E-state index in [2.05, 4.69) is 27.1 Å². The third kappa shape index (κ3) is 3.47. The van der Waals surface area contributed by atoms with E-state index in [1.165, 1.54) is 6.42 Å². The number of methoxy groups -OCH3 is 2. The minimum absolute atomic E-state index is 0.500. The maximum absolute atomic E-state index is 5.19. The van der Waals surface area contributed by atoms with Gasteiger partial charge in [0.05, 0.1) is 20.3 Å². The van der Waals surface area contributed by atoms with E-state index < -0.39 is 0 Å². The number of ether oxygens (including phenoxy) is 2. The molecule has 2 heterocycles. The smallest absolute Gasteiger partial charge is 0.232 e. The molecule has 19 heavy (non-hydrogen) atoms. The SMILES string of the molecule is CCNC1CCCN(c2nc(OC)cc(OC)n2)C1. The van der Waals surface area contributed by atoms with Crippen LogP contribution >= 0.6 is 0 Å². The molecule has 1 atom stereocenters. The Hall–Kier alpha value is -1.56. The molecule has 1 aliphatic heterocycles. The lowest BCUT2D eigenvalue weighted by Gasteiger charge is -2.33. The van der Waals surface area contributed by atoms with Crippen LogP contribution in [-0.2, 0) is 0 Å². The van der Waals surface area contributed by atoms with Gasteiger partial charge in [-0.3, -0.25) is 0 Å². The molecule has 0 saturated carbocycles. The van der Waals surface area contributed by atoms with E-state index in [0.29, 0.717) is 23.8 Å². The van der Waals surface area contributed by atoms with Crippen LogP contribution in [0.2, 0.25) is 0 Å². The molecule has 2 rings (SSSR count). The predicted molar refractivity (Wildman–Crippen MR) is 74.0 cm³/mol. The summed E-state index contributed by atoms with van der Waals surface area (Å²) < 4.78 is 10.4. The van der Waals surface area contributed by atoms with Crippen molar-refractivity contribution in [1.29, 1.82) is 0 Å². The molecule has 0 aromatic carbocycles. The maximum atomic E-state index is 5.19. The van der Waals surface area contributed by atoms with Gasteiger partial charge in [0.2, 0.25) is 17.7 Å². The molecule has 0 aliphatic carbocycles. The van der Waals surface area contributed by atoms with Crippen LogP contribution in [0, 0.1) is 0 Å². The molecule has 1 aliphatic rings. The third-order valence-corrected chi connectivity index (χ3v) is 3.28. The van der Waals surface area contributed by atoms with Crippen molar-refractivity contribution in [2.24, 2.45) is 0 Å². The van der Waals surface area contributed by atoms with Crippen LogP contribution in [0.1, 0.15) is 19.8 Å². The lowest BCUT2D eigenvalue weighted by molar-refractivity contribution is 0.368. The van der Waals surface area contributed by atoms with Crippen LogP contribution in [0.3, 0.4) is 0 Å². The van der Waals surface area contributed by atoms with Gasteiger partial charge in [-0.05, 0) is 19.4 Å². The highest BCUT2D eigenvalue weighted by Gasteiger charge is 2.22. The fourth-order valence-electron chi connectivity index (χ4n) is 2.36. The number of nitrogens with zero attached hydrogens (tertiary/aromatic N) is 3. The zero-order valence-electron chi connectivity index (χ0n) is 11.8. The summed E-state index contributed by atoms with van der Waals surface area (Å²) in [5, 5.41) is 3.48. The maximum Gasteiger partial charge on any atom is 0.232 e. The van der Waals surface area contributed by atoms with Crippen LogP contribution < -0.4 is 19.7 Å². The largest absolute Gasteiger partial charge is 0.481 e. The van der Waals surface area contributed by atoms with Crippen molar-refractivity contribution in [3.63, 3.8) is 0 Å². The van der Waals surface area contributed by atoms with Crippen molar-refractivity contribution in [1.82, 2.24) is 15.3 Å². The second kappa shape index (κ2) is 6.56. The van der Waals surface area contributed by atoms with E-state index in [-0.39, 0.29) is 0 Å². The Balaban J connectivity index is 2.15. The predicted octanol–water partition coefficient (Wildman–Crippen LogP) is 1.07. The highest BCUT2D eigenvalue weighted by Crippen LogP contribution is 2.22. The summed E-state index contributed by atoms with van der Waals surface area (Å²) in [5.41, 5.74) is 0. The van der Waals surface area contributed by atoms with Gasteiger partial charge in [0.1, 0.15) is 0 Å². The molecule has 1 fully saturated rings. The highest BCUT2D eigenvalue weighted by molar-refractivity contribution is 5.37. The summed E-state index contributed by atoms with van der Waals surface area (Å²) in [5.74, 6) is 1.75.